The fraction of sp³-hybridized carbons (Fsp3) is 0.500. The maximum atomic E-state index is 10.9. The molecule has 0 unspecified atom stereocenters. The van der Waals surface area contributed by atoms with E-state index in [-0.39, 0.29) is 5.78 Å². The second-order valence-corrected chi connectivity index (χ2v) is 4.06. The number of aromatic nitrogens is 3. The van der Waals surface area contributed by atoms with Crippen molar-refractivity contribution in [3.05, 3.63) is 20.7 Å². The molecule has 0 spiro atoms. The van der Waals surface area contributed by atoms with Crippen molar-refractivity contribution in [2.24, 2.45) is 7.05 Å². The maximum Gasteiger partial charge on any atom is 0.339 e. The highest BCUT2D eigenvalue weighted by atomic mass is 32.2. The molecule has 0 radical (unpaired) electrons. The van der Waals surface area contributed by atoms with Crippen molar-refractivity contribution in [1.29, 1.82) is 0 Å². The second kappa shape index (κ2) is 4.92. The smallest absolute Gasteiger partial charge is 0.300 e. The molecular formula is C8H11N3O3S. The summed E-state index contributed by atoms with van der Waals surface area (Å²) >= 11 is 1.26. The van der Waals surface area contributed by atoms with Gasteiger partial charge in [0.2, 0.25) is 0 Å². The minimum absolute atomic E-state index is 0.0805. The number of Topliss-reactive ketones (excluding diaryl/α,β-unsaturated/α-hetero) is 1. The summed E-state index contributed by atoms with van der Waals surface area (Å²) in [4.78, 5) is 36.1. The molecule has 0 saturated heterocycles. The molecule has 0 aliphatic rings. The Morgan fingerprint density at radius 3 is 2.80 bits per heavy atom. The van der Waals surface area contributed by atoms with Crippen LogP contribution in [-0.4, -0.2) is 26.3 Å². The van der Waals surface area contributed by atoms with Crippen molar-refractivity contribution < 1.29 is 4.79 Å². The van der Waals surface area contributed by atoms with Crippen molar-refractivity contribution in [2.75, 3.05) is 5.75 Å². The van der Waals surface area contributed by atoms with Gasteiger partial charge < -0.3 is 0 Å². The van der Waals surface area contributed by atoms with Gasteiger partial charge >= 0.3 is 11.1 Å². The Bertz CT molecular complexity index is 477. The average Bonchev–Trinajstić information content (AvgIpc) is 2.13. The topological polar surface area (TPSA) is 84.8 Å². The van der Waals surface area contributed by atoms with Crippen LogP contribution < -0.4 is 11.1 Å². The van der Waals surface area contributed by atoms with Crippen LogP contribution in [0.5, 0.6) is 0 Å². The minimum atomic E-state index is -0.807. The van der Waals surface area contributed by atoms with Crippen molar-refractivity contribution in [1.82, 2.24) is 14.8 Å². The summed E-state index contributed by atoms with van der Waals surface area (Å²) in [7, 11) is 1.59. The predicted octanol–water partition coefficient (Wildman–Crippen LogP) is -0.460. The normalized spacial score (nSPS) is 10.3. The third kappa shape index (κ3) is 3.35. The summed E-state index contributed by atoms with van der Waals surface area (Å²) in [6, 6.07) is 0. The second-order valence-electron chi connectivity index (χ2n) is 3.00. The lowest BCUT2D eigenvalue weighted by molar-refractivity contribution is -0.116. The third-order valence-corrected chi connectivity index (χ3v) is 2.66. The number of nitrogens with one attached hydrogen (secondary N) is 1. The monoisotopic (exact) mass is 229 g/mol. The number of carbonyl (C=O) groups excluding carboxylic acids is 1. The van der Waals surface area contributed by atoms with Crippen LogP contribution in [0.3, 0.4) is 0 Å². The predicted molar refractivity (Wildman–Crippen MR) is 56.1 cm³/mol. The number of ketones is 1. The first-order valence-electron chi connectivity index (χ1n) is 4.30. The van der Waals surface area contributed by atoms with Gasteiger partial charge in [-0.25, -0.2) is 0 Å². The molecule has 0 saturated carbocycles. The van der Waals surface area contributed by atoms with Crippen LogP contribution in [0.25, 0.3) is 0 Å². The van der Waals surface area contributed by atoms with Crippen molar-refractivity contribution >= 4 is 17.5 Å². The molecule has 0 fully saturated rings. The van der Waals surface area contributed by atoms with Gasteiger partial charge in [-0.05, 0) is 6.92 Å². The lowest BCUT2D eigenvalue weighted by Crippen LogP contribution is -2.33. The maximum absolute atomic E-state index is 10.9. The van der Waals surface area contributed by atoms with E-state index in [1.54, 1.807) is 7.05 Å². The molecule has 0 amide bonds. The zero-order valence-electron chi connectivity index (χ0n) is 8.44. The first-order chi connectivity index (χ1) is 7.00. The Kier molecular flexibility index (Phi) is 3.84. The van der Waals surface area contributed by atoms with Gasteiger partial charge in [0.15, 0.2) is 5.16 Å². The molecule has 1 N–H and O–H groups in total. The van der Waals surface area contributed by atoms with E-state index in [0.717, 1.165) is 0 Å². The lowest BCUT2D eigenvalue weighted by atomic mass is 10.4. The van der Waals surface area contributed by atoms with E-state index in [1.807, 2.05) is 0 Å². The molecule has 82 valence electrons. The molecule has 7 heteroatoms. The van der Waals surface area contributed by atoms with E-state index in [1.165, 1.54) is 23.4 Å². The van der Waals surface area contributed by atoms with Gasteiger partial charge in [-0.2, -0.15) is 4.98 Å². The highest BCUT2D eigenvalue weighted by Crippen LogP contribution is 2.12. The fourth-order valence-electron chi connectivity index (χ4n) is 0.876. The molecule has 1 aromatic heterocycles. The largest absolute Gasteiger partial charge is 0.339 e. The minimum Gasteiger partial charge on any atom is -0.300 e. The van der Waals surface area contributed by atoms with Crippen LogP contribution in [0.1, 0.15) is 13.3 Å². The van der Waals surface area contributed by atoms with E-state index < -0.39 is 11.1 Å². The number of hydrogen-bond acceptors (Lipinski definition) is 5. The molecule has 0 aliphatic heterocycles. The number of aryl methyl sites for hydroxylation is 1. The Morgan fingerprint density at radius 1 is 1.53 bits per heavy atom. The van der Waals surface area contributed by atoms with E-state index in [2.05, 4.69) is 10.1 Å². The van der Waals surface area contributed by atoms with E-state index in [9.17, 15) is 14.4 Å². The number of rotatable bonds is 4. The van der Waals surface area contributed by atoms with Gasteiger partial charge in [0, 0.05) is 19.2 Å². The number of aromatic amines is 1. The number of thioether (sulfide) groups is 1. The molecule has 15 heavy (non-hydrogen) atoms. The van der Waals surface area contributed by atoms with E-state index in [0.29, 0.717) is 17.3 Å². The Balaban J connectivity index is 2.78. The summed E-state index contributed by atoms with van der Waals surface area (Å²) in [6.45, 7) is 1.50. The Labute approximate surface area is 89.7 Å². The molecule has 1 aromatic rings. The third-order valence-electron chi connectivity index (χ3n) is 1.63. The molecule has 6 nitrogen and oxygen atoms in total. The molecule has 1 heterocycles. The summed E-state index contributed by atoms with van der Waals surface area (Å²) in [6.07, 6.45) is 0.416. The molecule has 1 rings (SSSR count). The van der Waals surface area contributed by atoms with Crippen LogP contribution in [0.15, 0.2) is 14.7 Å². The summed E-state index contributed by atoms with van der Waals surface area (Å²) in [5.41, 5.74) is -1.55. The average molecular weight is 229 g/mol. The highest BCUT2D eigenvalue weighted by Gasteiger charge is 2.04. The van der Waals surface area contributed by atoms with Gasteiger partial charge in [0.1, 0.15) is 5.78 Å². The number of hydrogen-bond donors (Lipinski definition) is 1. The van der Waals surface area contributed by atoms with Crippen molar-refractivity contribution in [2.45, 2.75) is 18.5 Å². The van der Waals surface area contributed by atoms with Crippen molar-refractivity contribution in [3.8, 4) is 0 Å². The van der Waals surface area contributed by atoms with E-state index >= 15 is 0 Å². The SMILES string of the molecule is CC(=O)CCSc1nc(=O)c(=O)[nH]n1C. The van der Waals surface area contributed by atoms with E-state index in [4.69, 9.17) is 0 Å². The Morgan fingerprint density at radius 2 is 2.20 bits per heavy atom. The van der Waals surface area contributed by atoms with Crippen molar-refractivity contribution in [3.63, 3.8) is 0 Å². The number of carbonyl (C=O) groups is 1. The zero-order chi connectivity index (χ0) is 11.4. The number of nitrogens with zero attached hydrogens (tertiary/aromatic N) is 2. The lowest BCUT2D eigenvalue weighted by Gasteiger charge is -2.04. The fourth-order valence-corrected chi connectivity index (χ4v) is 1.83. The first-order valence-corrected chi connectivity index (χ1v) is 5.29. The van der Waals surface area contributed by atoms with Gasteiger partial charge in [0.05, 0.1) is 0 Å². The van der Waals surface area contributed by atoms with Crippen LogP contribution in [0.2, 0.25) is 0 Å². The first kappa shape index (κ1) is 11.7. The molecule has 0 aromatic carbocycles. The number of H-pyrrole nitrogens is 1. The molecular weight excluding hydrogens is 218 g/mol. The van der Waals surface area contributed by atoms with Crippen LogP contribution >= 0.6 is 11.8 Å². The van der Waals surface area contributed by atoms with Gasteiger partial charge in [-0.15, -0.1) is 0 Å². The van der Waals surface area contributed by atoms with Gasteiger partial charge in [-0.3, -0.25) is 24.2 Å². The van der Waals surface area contributed by atoms with Crippen LogP contribution in [0.4, 0.5) is 0 Å². The standard InChI is InChI=1S/C8H11N3O3S/c1-5(12)3-4-15-8-9-6(13)7(14)10-11(8)2/h3-4H2,1-2H3,(H,10,14). The zero-order valence-corrected chi connectivity index (χ0v) is 9.26. The Hall–Kier alpha value is -1.37. The molecule has 0 atom stereocenters. The van der Waals surface area contributed by atoms with Crippen LogP contribution in [0, 0.1) is 0 Å². The highest BCUT2D eigenvalue weighted by molar-refractivity contribution is 7.99. The quantitative estimate of drug-likeness (QED) is 0.558. The van der Waals surface area contributed by atoms with Gasteiger partial charge in [0.25, 0.3) is 0 Å². The summed E-state index contributed by atoms with van der Waals surface area (Å²) < 4.78 is 1.37. The van der Waals surface area contributed by atoms with Crippen LogP contribution in [-0.2, 0) is 11.8 Å². The summed E-state index contributed by atoms with van der Waals surface area (Å²) in [5.74, 6) is 0.624. The molecule has 0 aliphatic carbocycles. The summed E-state index contributed by atoms with van der Waals surface area (Å²) in [5, 5.41) is 2.73. The molecule has 0 bridgehead atoms. The van der Waals surface area contributed by atoms with Gasteiger partial charge in [-0.1, -0.05) is 11.8 Å².